The third-order valence-corrected chi connectivity index (χ3v) is 7.71. The molecule has 0 saturated carbocycles. The van der Waals surface area contributed by atoms with Crippen molar-refractivity contribution < 1.29 is 0 Å². The predicted octanol–water partition coefficient (Wildman–Crippen LogP) is 4.69. The van der Waals surface area contributed by atoms with E-state index >= 15 is 0 Å². The fourth-order valence-corrected chi connectivity index (χ4v) is 5.57. The molecule has 1 aliphatic heterocycles. The van der Waals surface area contributed by atoms with Gasteiger partial charge in [-0.3, -0.25) is 9.69 Å². The first-order valence-electron chi connectivity index (χ1n) is 13.3. The van der Waals surface area contributed by atoms with Gasteiger partial charge in [-0.2, -0.15) is 0 Å². The Morgan fingerprint density at radius 2 is 1.74 bits per heavy atom. The maximum absolute atomic E-state index is 13.6. The van der Waals surface area contributed by atoms with E-state index in [9.17, 15) is 4.79 Å². The molecule has 0 bridgehead atoms. The van der Waals surface area contributed by atoms with E-state index in [1.54, 1.807) is 0 Å². The van der Waals surface area contributed by atoms with Gasteiger partial charge in [0.1, 0.15) is 6.04 Å². The summed E-state index contributed by atoms with van der Waals surface area (Å²) in [5.74, 6) is 0.659. The van der Waals surface area contributed by atoms with Gasteiger partial charge < -0.3 is 9.88 Å². The van der Waals surface area contributed by atoms with Crippen molar-refractivity contribution in [3.8, 4) is 0 Å². The summed E-state index contributed by atoms with van der Waals surface area (Å²) < 4.78 is 1.81. The van der Waals surface area contributed by atoms with Gasteiger partial charge in [0.05, 0.1) is 6.54 Å². The monoisotopic (exact) mass is 539 g/mol. The molecular weight excluding hydrogens is 510 g/mol. The first kappa shape index (κ1) is 25.3. The van der Waals surface area contributed by atoms with E-state index in [2.05, 4.69) is 67.6 Å². The Balaban J connectivity index is 1.39. The number of hydrogen-bond donors (Lipinski definition) is 1. The van der Waals surface area contributed by atoms with E-state index < -0.39 is 6.04 Å². The second kappa shape index (κ2) is 11.0. The molecule has 6 rings (SSSR count). The normalized spacial score (nSPS) is 15.1. The number of piperazine rings is 1. The number of anilines is 1. The highest BCUT2D eigenvalue weighted by Gasteiger charge is 2.33. The van der Waals surface area contributed by atoms with Crippen molar-refractivity contribution in [2.75, 3.05) is 31.1 Å². The second-order valence-corrected chi connectivity index (χ2v) is 10.4. The van der Waals surface area contributed by atoms with E-state index in [1.807, 2.05) is 53.2 Å². The van der Waals surface area contributed by atoms with Gasteiger partial charge in [0.15, 0.2) is 5.82 Å². The van der Waals surface area contributed by atoms with Crippen molar-refractivity contribution in [1.29, 1.82) is 0 Å². The first-order valence-corrected chi connectivity index (χ1v) is 13.7. The van der Waals surface area contributed by atoms with E-state index in [-0.39, 0.29) is 5.56 Å². The molecule has 39 heavy (non-hydrogen) atoms. The molecule has 1 atom stereocenters. The number of nitrogens with zero attached hydrogens (tertiary/aromatic N) is 6. The highest BCUT2D eigenvalue weighted by atomic mass is 35.5. The molecule has 1 N–H and O–H groups in total. The van der Waals surface area contributed by atoms with Gasteiger partial charge >= 0.3 is 0 Å². The number of nitrogens with one attached hydrogen (secondary N) is 1. The average molecular weight is 540 g/mol. The van der Waals surface area contributed by atoms with Gasteiger partial charge in [0, 0.05) is 48.0 Å². The third-order valence-electron chi connectivity index (χ3n) is 7.47. The summed E-state index contributed by atoms with van der Waals surface area (Å²) in [6.07, 6.45) is 0.925. The number of aromatic amines is 1. The number of hydrogen-bond acceptors (Lipinski definition) is 6. The number of H-pyrrole nitrogens is 1. The summed E-state index contributed by atoms with van der Waals surface area (Å²) in [7, 11) is 0. The zero-order valence-electron chi connectivity index (χ0n) is 21.8. The summed E-state index contributed by atoms with van der Waals surface area (Å²) in [5, 5.41) is 14.6. The molecule has 1 fully saturated rings. The summed E-state index contributed by atoms with van der Waals surface area (Å²) >= 11 is 6.26. The van der Waals surface area contributed by atoms with Crippen molar-refractivity contribution in [3.63, 3.8) is 0 Å². The Hall–Kier alpha value is -4.01. The number of benzene rings is 3. The molecule has 3 heterocycles. The van der Waals surface area contributed by atoms with Crippen LogP contribution in [0.15, 0.2) is 83.7 Å². The Bertz CT molecular complexity index is 1640. The molecule has 3 aromatic carbocycles. The number of halogens is 1. The van der Waals surface area contributed by atoms with Crippen LogP contribution in [-0.4, -0.2) is 56.3 Å². The fraction of sp³-hybridized carbons (Fsp3) is 0.267. The Morgan fingerprint density at radius 1 is 0.923 bits per heavy atom. The standard InChI is InChI=1S/C30H30ClN7O/c1-2-21-11-12-27-23(17-21)18-26(30(39)32-27)28(29-33-34-35-38(29)20-22-7-4-3-5-8-22)37-15-13-36(14-16-37)25-10-6-9-24(31)19-25/h3-12,17-19,28H,2,13-16,20H2,1H3,(H,32,39). The van der Waals surface area contributed by atoms with E-state index in [4.69, 9.17) is 11.6 Å². The summed E-state index contributed by atoms with van der Waals surface area (Å²) in [4.78, 5) is 21.3. The van der Waals surface area contributed by atoms with Crippen LogP contribution in [0.1, 0.15) is 35.5 Å². The molecular formula is C30H30ClN7O. The lowest BCUT2D eigenvalue weighted by molar-refractivity contribution is 0.200. The zero-order valence-corrected chi connectivity index (χ0v) is 22.6. The predicted molar refractivity (Wildman–Crippen MR) is 154 cm³/mol. The lowest BCUT2D eigenvalue weighted by Gasteiger charge is -2.39. The van der Waals surface area contributed by atoms with Gasteiger partial charge in [0.25, 0.3) is 5.56 Å². The van der Waals surface area contributed by atoms with Gasteiger partial charge in [-0.05, 0) is 69.8 Å². The van der Waals surface area contributed by atoms with E-state index in [0.29, 0.717) is 17.9 Å². The van der Waals surface area contributed by atoms with Crippen LogP contribution in [0.5, 0.6) is 0 Å². The van der Waals surface area contributed by atoms with Crippen molar-refractivity contribution in [2.45, 2.75) is 25.9 Å². The maximum Gasteiger partial charge on any atom is 0.253 e. The average Bonchev–Trinajstić information content (AvgIpc) is 3.41. The number of rotatable bonds is 7. The minimum absolute atomic E-state index is 0.122. The first-order chi connectivity index (χ1) is 19.1. The lowest BCUT2D eigenvalue weighted by atomic mass is 10.0. The Labute approximate surface area is 231 Å². The second-order valence-electron chi connectivity index (χ2n) is 9.91. The SMILES string of the molecule is CCc1ccc2[nH]c(=O)c(C(c3nnnn3Cc3ccccc3)N3CCN(c4cccc(Cl)c4)CC3)cc2c1. The van der Waals surface area contributed by atoms with Crippen LogP contribution in [-0.2, 0) is 13.0 Å². The van der Waals surface area contributed by atoms with Crippen LogP contribution < -0.4 is 10.5 Å². The number of aryl methyl sites for hydroxylation is 1. The van der Waals surface area contributed by atoms with Crippen molar-refractivity contribution in [3.05, 3.63) is 117 Å². The van der Waals surface area contributed by atoms with Crippen LogP contribution in [0, 0.1) is 0 Å². The van der Waals surface area contributed by atoms with Crippen LogP contribution >= 0.6 is 11.6 Å². The molecule has 8 nitrogen and oxygen atoms in total. The summed E-state index contributed by atoms with van der Waals surface area (Å²) in [6.45, 7) is 5.72. The van der Waals surface area contributed by atoms with Gasteiger partial charge in [-0.15, -0.1) is 5.10 Å². The van der Waals surface area contributed by atoms with Crippen molar-refractivity contribution in [1.82, 2.24) is 30.1 Å². The lowest BCUT2D eigenvalue weighted by Crippen LogP contribution is -2.49. The maximum atomic E-state index is 13.6. The summed E-state index contributed by atoms with van der Waals surface area (Å²) in [5.41, 5.74) is 4.77. The largest absolute Gasteiger partial charge is 0.369 e. The summed E-state index contributed by atoms with van der Waals surface area (Å²) in [6, 6.07) is 25.9. The Morgan fingerprint density at radius 3 is 2.51 bits per heavy atom. The minimum atomic E-state index is -0.399. The van der Waals surface area contributed by atoms with Crippen molar-refractivity contribution in [2.24, 2.45) is 0 Å². The smallest absolute Gasteiger partial charge is 0.253 e. The quantitative estimate of drug-likeness (QED) is 0.323. The Kier molecular flexibility index (Phi) is 7.13. The van der Waals surface area contributed by atoms with Crippen molar-refractivity contribution >= 4 is 28.2 Å². The van der Waals surface area contributed by atoms with Crippen LogP contribution in [0.2, 0.25) is 5.02 Å². The molecule has 1 aliphatic rings. The molecule has 2 aromatic heterocycles. The molecule has 198 valence electrons. The number of tetrazole rings is 1. The molecule has 0 aliphatic carbocycles. The number of fused-ring (bicyclic) bond motifs is 1. The number of pyridine rings is 1. The zero-order chi connectivity index (χ0) is 26.8. The van der Waals surface area contributed by atoms with Gasteiger partial charge in [0.2, 0.25) is 0 Å². The minimum Gasteiger partial charge on any atom is -0.369 e. The number of aromatic nitrogens is 5. The van der Waals surface area contributed by atoms with Crippen LogP contribution in [0.4, 0.5) is 5.69 Å². The third kappa shape index (κ3) is 5.30. The fourth-order valence-electron chi connectivity index (χ4n) is 5.38. The molecule has 0 amide bonds. The van der Waals surface area contributed by atoms with Crippen LogP contribution in [0.25, 0.3) is 10.9 Å². The molecule has 0 spiro atoms. The van der Waals surface area contributed by atoms with E-state index in [1.165, 1.54) is 5.56 Å². The van der Waals surface area contributed by atoms with Crippen LogP contribution in [0.3, 0.4) is 0 Å². The molecule has 0 radical (unpaired) electrons. The molecule has 5 aromatic rings. The highest BCUT2D eigenvalue weighted by Crippen LogP contribution is 2.30. The topological polar surface area (TPSA) is 82.9 Å². The molecule has 9 heteroatoms. The molecule has 1 saturated heterocycles. The van der Waals surface area contributed by atoms with Gasteiger partial charge in [-0.25, -0.2) is 4.68 Å². The molecule has 1 unspecified atom stereocenters. The highest BCUT2D eigenvalue weighted by molar-refractivity contribution is 6.30. The van der Waals surface area contributed by atoms with Gasteiger partial charge in [-0.1, -0.05) is 61.0 Å². The van der Waals surface area contributed by atoms with E-state index in [0.717, 1.165) is 59.8 Å².